The van der Waals surface area contributed by atoms with Crippen LogP contribution in [0.5, 0.6) is 0 Å². The Balaban J connectivity index is 1.01. The van der Waals surface area contributed by atoms with E-state index in [0.717, 1.165) is 44.8 Å². The molecule has 4 aromatic carbocycles. The zero-order valence-corrected chi connectivity index (χ0v) is 42.9. The van der Waals surface area contributed by atoms with Gasteiger partial charge in [0.05, 0.1) is 22.8 Å². The van der Waals surface area contributed by atoms with Gasteiger partial charge >= 0.3 is 0 Å². The summed E-state index contributed by atoms with van der Waals surface area (Å²) in [7, 11) is 0. The maximum atomic E-state index is 5.77. The molecule has 7 aromatic rings. The maximum absolute atomic E-state index is 5.77. The van der Waals surface area contributed by atoms with Crippen molar-refractivity contribution in [3.05, 3.63) is 166 Å². The van der Waals surface area contributed by atoms with E-state index >= 15 is 0 Å². The first-order valence-corrected chi connectivity index (χ1v) is 27.3. The Morgan fingerprint density at radius 3 is 0.819 bits per heavy atom. The normalized spacial score (nSPS) is 28.6. The number of aromatic nitrogens is 4. The summed E-state index contributed by atoms with van der Waals surface area (Å²) in [6.45, 7) is 19.7. The summed E-state index contributed by atoms with van der Waals surface area (Å²) < 4.78 is 0. The minimum Gasteiger partial charge on any atom is -0.354 e. The first-order chi connectivity index (χ1) is 34.5. The van der Waals surface area contributed by atoms with Gasteiger partial charge in [-0.1, -0.05) is 104 Å². The summed E-state index contributed by atoms with van der Waals surface area (Å²) in [6.07, 6.45) is 24.7. The van der Waals surface area contributed by atoms with E-state index in [1.165, 1.54) is 114 Å². The summed E-state index contributed by atoms with van der Waals surface area (Å²) in [5.41, 5.74) is 26.3. The molecule has 16 bridgehead atoms. The second-order valence-electron chi connectivity index (χ2n) is 27.0. The Hall–Kier alpha value is -6.52. The van der Waals surface area contributed by atoms with Crippen LogP contribution in [-0.4, -0.2) is 19.9 Å². The van der Waals surface area contributed by atoms with Gasteiger partial charge in [-0.15, -0.1) is 0 Å². The second-order valence-corrected chi connectivity index (χ2v) is 27.0. The maximum Gasteiger partial charge on any atom is 0.0737 e. The molecule has 8 unspecified atom stereocenters. The van der Waals surface area contributed by atoms with Crippen LogP contribution in [0.4, 0.5) is 0 Å². The monoisotopic (exact) mass is 934 g/mol. The van der Waals surface area contributed by atoms with Crippen molar-refractivity contribution in [1.29, 1.82) is 0 Å². The number of hydrogen-bond acceptors (Lipinski definition) is 2. The largest absolute Gasteiger partial charge is 0.354 e. The van der Waals surface area contributed by atoms with Crippen LogP contribution < -0.4 is 0 Å². The molecule has 21 rings (SSSR count). The molecule has 0 saturated carbocycles. The highest BCUT2D eigenvalue weighted by molar-refractivity contribution is 6.11. The van der Waals surface area contributed by atoms with Crippen molar-refractivity contribution in [2.45, 2.75) is 128 Å². The van der Waals surface area contributed by atoms with Gasteiger partial charge in [0.15, 0.2) is 0 Å². The van der Waals surface area contributed by atoms with Gasteiger partial charge in [0.1, 0.15) is 0 Å². The van der Waals surface area contributed by atoms with E-state index < -0.39 is 0 Å². The van der Waals surface area contributed by atoms with Crippen LogP contribution >= 0.6 is 0 Å². The fourth-order valence-corrected chi connectivity index (χ4v) is 17.2. The number of aromatic amines is 2. The molecular weight excluding hydrogens is 873 g/mol. The molecule has 2 N–H and O–H groups in total. The van der Waals surface area contributed by atoms with Crippen LogP contribution in [-0.2, 0) is 0 Å². The number of H-pyrrole nitrogens is 2. The molecule has 4 nitrogen and oxygen atoms in total. The van der Waals surface area contributed by atoms with Crippen LogP contribution in [0.2, 0.25) is 0 Å². The van der Waals surface area contributed by atoms with Gasteiger partial charge in [-0.3, -0.25) is 0 Å². The smallest absolute Gasteiger partial charge is 0.0737 e. The van der Waals surface area contributed by atoms with E-state index in [-0.39, 0.29) is 21.7 Å². The molecule has 3 aromatic heterocycles. The molecule has 4 heteroatoms. The first kappa shape index (κ1) is 41.0. The lowest BCUT2D eigenvalue weighted by molar-refractivity contribution is 0.251. The van der Waals surface area contributed by atoms with E-state index in [4.69, 9.17) is 9.97 Å². The van der Waals surface area contributed by atoms with Crippen LogP contribution in [0.3, 0.4) is 0 Å². The fraction of sp³-hybridized carbons (Fsp3) is 0.353. The van der Waals surface area contributed by atoms with E-state index in [1.807, 2.05) is 0 Å². The van der Waals surface area contributed by atoms with E-state index in [0.29, 0.717) is 47.3 Å². The molecule has 0 radical (unpaired) electrons. The molecule has 2 aliphatic heterocycles. The van der Waals surface area contributed by atoms with Crippen molar-refractivity contribution < 1.29 is 0 Å². The number of nitrogens with one attached hydrogen (secondary N) is 2. The van der Waals surface area contributed by atoms with E-state index in [9.17, 15) is 0 Å². The fourth-order valence-electron chi connectivity index (χ4n) is 17.2. The molecule has 0 spiro atoms. The SMILES string of the molecule is CC1(C)CC2C=CC1c1cc3c(cc12)-c1cc2[nH]c(cc4nc(cc5[nH]c(cc-3n1)c1cc3c(cc51)C1C=CC3CC1(C)C)-c1cc3c(cc1-4)C1C=CC3CC1(C)C)c1cc3c(cc21)C1C=CC3C(C)(C)C1. The lowest BCUT2D eigenvalue weighted by Crippen LogP contribution is -2.32. The third kappa shape index (κ3) is 5.24. The molecular formula is C68H62N4. The lowest BCUT2D eigenvalue weighted by atomic mass is 9.58. The number of fused-ring (bicyclic) bond motifs is 24. The molecule has 12 aliphatic carbocycles. The lowest BCUT2D eigenvalue weighted by Gasteiger charge is -2.46. The minimum absolute atomic E-state index is 0.204. The molecule has 5 heterocycles. The molecule has 8 atom stereocenters. The summed E-state index contributed by atoms with van der Waals surface area (Å²) in [6, 6.07) is 29.9. The van der Waals surface area contributed by atoms with E-state index in [1.54, 1.807) is 0 Å². The quantitative estimate of drug-likeness (QED) is 0.149. The average Bonchev–Trinajstić information content (AvgIpc) is 4.06. The number of rotatable bonds is 0. The number of benzene rings is 4. The average molecular weight is 935 g/mol. The van der Waals surface area contributed by atoms with Crippen LogP contribution in [0.15, 0.2) is 121 Å². The van der Waals surface area contributed by atoms with Gasteiger partial charge in [-0.25, -0.2) is 9.97 Å². The topological polar surface area (TPSA) is 57.4 Å². The summed E-state index contributed by atoms with van der Waals surface area (Å²) in [5, 5.41) is 5.08. The Bertz CT molecular complexity index is 4060. The highest BCUT2D eigenvalue weighted by Gasteiger charge is 2.46. The van der Waals surface area contributed by atoms with Gasteiger partial charge in [0.25, 0.3) is 0 Å². The van der Waals surface area contributed by atoms with Crippen molar-refractivity contribution in [3.63, 3.8) is 0 Å². The standard InChI is InChI=1S/C68H62N4/c1-65(2)29-33-9-13-53(65)41-21-49-45(17-37(33)41)57-25-58-46-18-38-34-10-15-55(67(5,6)30-34)43(38)23-51(46)63(70-58)28-64-52-24-44-40(36-12-16-56(44)68(7,8)32-36)20-48(52)60(72-64)27-62-50-22-42-39(35-11-14-54(42)66(3,4)31-35)19-47(50)59(71-62)26-61(49)69-57/h9-28,33-36,53-56,70-71H,29-32H2,1-8H3. The first-order valence-electron chi connectivity index (χ1n) is 27.3. The van der Waals surface area contributed by atoms with Crippen LogP contribution in [0, 0.1) is 21.7 Å². The van der Waals surface area contributed by atoms with Crippen molar-refractivity contribution in [3.8, 4) is 45.0 Å². The molecule has 72 heavy (non-hydrogen) atoms. The Morgan fingerprint density at radius 2 is 0.542 bits per heavy atom. The molecule has 0 amide bonds. The second kappa shape index (κ2) is 13.0. The number of hydrogen-bond donors (Lipinski definition) is 2. The van der Waals surface area contributed by atoms with Crippen molar-refractivity contribution in [2.75, 3.05) is 0 Å². The molecule has 0 fully saturated rings. The zero-order chi connectivity index (χ0) is 48.3. The Kier molecular flexibility index (Phi) is 7.39. The van der Waals surface area contributed by atoms with Gasteiger partial charge in [0.2, 0.25) is 0 Å². The van der Waals surface area contributed by atoms with Gasteiger partial charge in [-0.2, -0.15) is 0 Å². The predicted molar refractivity (Wildman–Crippen MR) is 297 cm³/mol. The predicted octanol–water partition coefficient (Wildman–Crippen LogP) is 18.0. The summed E-state index contributed by atoms with van der Waals surface area (Å²) >= 11 is 0. The third-order valence-electron chi connectivity index (χ3n) is 20.7. The highest BCUT2D eigenvalue weighted by atomic mass is 14.8. The molecule has 0 saturated heterocycles. The van der Waals surface area contributed by atoms with Gasteiger partial charge in [-0.05, 0) is 165 Å². The minimum atomic E-state index is 0.204. The molecule has 14 aliphatic rings. The highest BCUT2D eigenvalue weighted by Crippen LogP contribution is 2.61. The Labute approximate surface area is 422 Å². The zero-order valence-electron chi connectivity index (χ0n) is 42.9. The number of allylic oxidation sites excluding steroid dienone is 8. The van der Waals surface area contributed by atoms with Crippen LogP contribution in [0.25, 0.3) is 88.6 Å². The summed E-state index contributed by atoms with van der Waals surface area (Å²) in [4.78, 5) is 19.8. The van der Waals surface area contributed by atoms with E-state index in [2.05, 4.69) is 187 Å². The number of nitrogens with zero attached hydrogens (tertiary/aromatic N) is 2. The molecule has 354 valence electrons. The van der Waals surface area contributed by atoms with Crippen molar-refractivity contribution in [2.24, 2.45) is 21.7 Å². The van der Waals surface area contributed by atoms with Crippen molar-refractivity contribution >= 4 is 43.6 Å². The van der Waals surface area contributed by atoms with Gasteiger partial charge < -0.3 is 9.97 Å². The van der Waals surface area contributed by atoms with Gasteiger partial charge in [0, 0.05) is 113 Å². The Morgan fingerprint density at radius 1 is 0.306 bits per heavy atom. The van der Waals surface area contributed by atoms with Crippen molar-refractivity contribution in [1.82, 2.24) is 19.9 Å². The third-order valence-corrected chi connectivity index (χ3v) is 20.7. The summed E-state index contributed by atoms with van der Waals surface area (Å²) in [5.74, 6) is 3.21. The van der Waals surface area contributed by atoms with Crippen LogP contribution in [0.1, 0.15) is 173 Å².